The van der Waals surface area contributed by atoms with Gasteiger partial charge in [0.1, 0.15) is 11.6 Å². The van der Waals surface area contributed by atoms with Crippen LogP contribution >= 0.6 is 11.3 Å². The number of methoxy groups -OCH3 is 1. The number of hydrogen-bond acceptors (Lipinski definition) is 8. The van der Waals surface area contributed by atoms with Crippen LogP contribution in [0.2, 0.25) is 0 Å². The molecule has 0 spiro atoms. The molecule has 1 heterocycles. The summed E-state index contributed by atoms with van der Waals surface area (Å²) in [6.45, 7) is 4.07. The van der Waals surface area contributed by atoms with Gasteiger partial charge in [-0.15, -0.1) is 0 Å². The molecule has 3 rings (SSSR count). The Hall–Kier alpha value is -3.46. The van der Waals surface area contributed by atoms with Gasteiger partial charge in [0.2, 0.25) is 0 Å². The monoisotopic (exact) mass is 440 g/mol. The van der Waals surface area contributed by atoms with Gasteiger partial charge in [-0.05, 0) is 56.3 Å². The Labute approximate surface area is 184 Å². The number of nitrogens with zero attached hydrogens (tertiary/aromatic N) is 2. The zero-order chi connectivity index (χ0) is 22.8. The molecule has 1 aromatic heterocycles. The van der Waals surface area contributed by atoms with Gasteiger partial charge in [-0.1, -0.05) is 11.3 Å². The molecule has 8 nitrogen and oxygen atoms in total. The molecule has 0 aliphatic heterocycles. The normalized spacial score (nSPS) is 11.2. The smallest absolute Gasteiger partial charge is 0.343 e. The average molecular weight is 441 g/mol. The molecule has 162 valence electrons. The molecule has 0 saturated heterocycles. The lowest BCUT2D eigenvalue weighted by Crippen LogP contribution is -2.38. The fraction of sp³-hybridized carbons (Fsp3) is 0.273. The third-order valence-corrected chi connectivity index (χ3v) is 5.82. The van der Waals surface area contributed by atoms with Crippen LogP contribution in [0.1, 0.15) is 29.8 Å². The first kappa shape index (κ1) is 22.2. The predicted octanol–water partition coefficient (Wildman–Crippen LogP) is 3.43. The topological polar surface area (TPSA) is 119 Å². The molecule has 0 amide bonds. The van der Waals surface area contributed by atoms with E-state index in [4.69, 9.17) is 20.6 Å². The first-order valence-corrected chi connectivity index (χ1v) is 10.3. The van der Waals surface area contributed by atoms with Gasteiger partial charge < -0.3 is 20.1 Å². The van der Waals surface area contributed by atoms with Crippen molar-refractivity contribution in [3.63, 3.8) is 0 Å². The number of esters is 2. The quantitative estimate of drug-likeness (QED) is 0.250. The van der Waals surface area contributed by atoms with Crippen LogP contribution in [0.25, 0.3) is 10.2 Å². The molecule has 0 aliphatic carbocycles. The predicted molar refractivity (Wildman–Crippen MR) is 121 cm³/mol. The maximum absolute atomic E-state index is 12.5. The number of nitrogens with two attached hydrogens (primary N) is 1. The zero-order valence-electron chi connectivity index (χ0n) is 17.8. The number of hydrogen-bond donors (Lipinski definition) is 2. The number of benzene rings is 2. The van der Waals surface area contributed by atoms with E-state index in [0.717, 1.165) is 15.3 Å². The number of fused-ring (bicyclic) bond motifs is 1. The number of carbonyl (C=O) groups excluding carboxylic acids is 2. The first-order chi connectivity index (χ1) is 14.6. The molecule has 0 atom stereocenters. The standard InChI is InChI=1S/C22H24N4O4S/c1-22(2,20(28)29-4)12-26(3)21-25-16-10-7-14(11-17(16)31-21)19(27)30-15-8-5-13(6-9-15)18(23)24/h5-11H,12H2,1-4H3,(H3,23,24). The van der Waals surface area contributed by atoms with Crippen molar-refractivity contribution >= 4 is 44.5 Å². The number of ether oxygens (including phenoxy) is 2. The minimum absolute atomic E-state index is 0.0516. The Morgan fingerprint density at radius 3 is 2.42 bits per heavy atom. The Kier molecular flexibility index (Phi) is 6.26. The van der Waals surface area contributed by atoms with E-state index < -0.39 is 11.4 Å². The average Bonchev–Trinajstić information content (AvgIpc) is 3.16. The van der Waals surface area contributed by atoms with Crippen LogP contribution < -0.4 is 15.4 Å². The van der Waals surface area contributed by atoms with Crippen molar-refractivity contribution in [3.8, 4) is 5.75 Å². The summed E-state index contributed by atoms with van der Waals surface area (Å²) in [4.78, 5) is 31.0. The fourth-order valence-corrected chi connectivity index (χ4v) is 4.04. The van der Waals surface area contributed by atoms with Crippen molar-refractivity contribution in [1.29, 1.82) is 5.41 Å². The van der Waals surface area contributed by atoms with E-state index in [2.05, 4.69) is 4.98 Å². The molecule has 9 heteroatoms. The van der Waals surface area contributed by atoms with Crippen LogP contribution in [0.15, 0.2) is 42.5 Å². The largest absolute Gasteiger partial charge is 0.469 e. The lowest BCUT2D eigenvalue weighted by Gasteiger charge is -2.27. The van der Waals surface area contributed by atoms with Gasteiger partial charge >= 0.3 is 11.9 Å². The molecular weight excluding hydrogens is 416 g/mol. The van der Waals surface area contributed by atoms with Crippen molar-refractivity contribution in [2.45, 2.75) is 13.8 Å². The third kappa shape index (κ3) is 5.00. The highest BCUT2D eigenvalue weighted by Gasteiger charge is 2.31. The molecule has 31 heavy (non-hydrogen) atoms. The second-order valence-electron chi connectivity index (χ2n) is 7.74. The number of nitrogens with one attached hydrogen (secondary N) is 1. The molecule has 3 N–H and O–H groups in total. The maximum Gasteiger partial charge on any atom is 0.343 e. The van der Waals surface area contributed by atoms with E-state index in [1.165, 1.54) is 18.4 Å². The number of carbonyl (C=O) groups is 2. The summed E-state index contributed by atoms with van der Waals surface area (Å²) in [7, 11) is 3.24. The van der Waals surface area contributed by atoms with Crippen molar-refractivity contribution in [1.82, 2.24) is 4.98 Å². The molecule has 0 aliphatic rings. The van der Waals surface area contributed by atoms with Gasteiger partial charge in [-0.3, -0.25) is 10.2 Å². The van der Waals surface area contributed by atoms with Gasteiger partial charge in [-0.2, -0.15) is 0 Å². The molecular formula is C22H24N4O4S. The second kappa shape index (κ2) is 8.73. The molecule has 3 aromatic rings. The summed E-state index contributed by atoms with van der Waals surface area (Å²) in [6, 6.07) is 11.6. The summed E-state index contributed by atoms with van der Waals surface area (Å²) in [5, 5.41) is 8.14. The molecule has 0 radical (unpaired) electrons. The number of anilines is 1. The van der Waals surface area contributed by atoms with E-state index in [0.29, 0.717) is 23.4 Å². The van der Waals surface area contributed by atoms with Gasteiger partial charge in [0.15, 0.2) is 5.13 Å². The van der Waals surface area contributed by atoms with E-state index in [-0.39, 0.29) is 11.8 Å². The van der Waals surface area contributed by atoms with Crippen molar-refractivity contribution in [2.75, 3.05) is 25.6 Å². The summed E-state index contributed by atoms with van der Waals surface area (Å²) >= 11 is 1.43. The second-order valence-corrected chi connectivity index (χ2v) is 8.75. The molecule has 0 bridgehead atoms. The summed E-state index contributed by atoms with van der Waals surface area (Å²) in [5.74, 6) is -0.469. The van der Waals surface area contributed by atoms with E-state index in [1.807, 2.05) is 25.8 Å². The van der Waals surface area contributed by atoms with E-state index in [9.17, 15) is 9.59 Å². The zero-order valence-corrected chi connectivity index (χ0v) is 18.6. The minimum Gasteiger partial charge on any atom is -0.469 e. The van der Waals surface area contributed by atoms with Crippen LogP contribution in [0.5, 0.6) is 5.75 Å². The fourth-order valence-electron chi connectivity index (χ4n) is 3.07. The number of thiazole rings is 1. The van der Waals surface area contributed by atoms with Gasteiger partial charge in [0.05, 0.1) is 28.3 Å². The van der Waals surface area contributed by atoms with Crippen molar-refractivity contribution < 1.29 is 19.1 Å². The molecule has 2 aromatic carbocycles. The van der Waals surface area contributed by atoms with Crippen molar-refractivity contribution in [3.05, 3.63) is 53.6 Å². The van der Waals surface area contributed by atoms with Gasteiger partial charge in [0.25, 0.3) is 0 Å². The lowest BCUT2D eigenvalue weighted by molar-refractivity contribution is -0.150. The Bertz CT molecular complexity index is 1140. The summed E-state index contributed by atoms with van der Waals surface area (Å²) in [6.07, 6.45) is 0. The maximum atomic E-state index is 12.5. The number of rotatable bonds is 7. The molecule has 0 unspecified atom stereocenters. The van der Waals surface area contributed by atoms with Crippen molar-refractivity contribution in [2.24, 2.45) is 11.1 Å². The molecule has 0 saturated carbocycles. The van der Waals surface area contributed by atoms with Gasteiger partial charge in [-0.25, -0.2) is 9.78 Å². The highest BCUT2D eigenvalue weighted by Crippen LogP contribution is 2.31. The SMILES string of the molecule is COC(=O)C(C)(C)CN(C)c1nc2ccc(C(=O)Oc3ccc(C(=N)N)cc3)cc2s1. The third-order valence-electron chi connectivity index (χ3n) is 4.69. The van der Waals surface area contributed by atoms with Crippen LogP contribution in [0, 0.1) is 10.8 Å². The Morgan fingerprint density at radius 2 is 1.81 bits per heavy atom. The minimum atomic E-state index is -0.686. The number of amidine groups is 1. The molecule has 0 fully saturated rings. The van der Waals surface area contributed by atoms with Crippen LogP contribution in [0.3, 0.4) is 0 Å². The summed E-state index contributed by atoms with van der Waals surface area (Å²) < 4.78 is 11.1. The van der Waals surface area contributed by atoms with Crippen LogP contribution in [-0.4, -0.2) is 43.5 Å². The Balaban J connectivity index is 1.76. The Morgan fingerprint density at radius 1 is 1.16 bits per heavy atom. The lowest BCUT2D eigenvalue weighted by atomic mass is 9.93. The number of aromatic nitrogens is 1. The summed E-state index contributed by atoms with van der Waals surface area (Å²) in [5.41, 5.74) is 6.45. The van der Waals surface area contributed by atoms with E-state index >= 15 is 0 Å². The van der Waals surface area contributed by atoms with Gasteiger partial charge in [0, 0.05) is 19.2 Å². The van der Waals surface area contributed by atoms with Crippen LogP contribution in [0.4, 0.5) is 5.13 Å². The highest BCUT2D eigenvalue weighted by molar-refractivity contribution is 7.22. The first-order valence-electron chi connectivity index (χ1n) is 9.47. The van der Waals surface area contributed by atoms with Crippen LogP contribution in [-0.2, 0) is 9.53 Å². The number of nitrogen functional groups attached to an aromatic ring is 1. The van der Waals surface area contributed by atoms with E-state index in [1.54, 1.807) is 42.5 Å². The highest BCUT2D eigenvalue weighted by atomic mass is 32.1.